The summed E-state index contributed by atoms with van der Waals surface area (Å²) in [5.74, 6) is -0.163. The van der Waals surface area contributed by atoms with Gasteiger partial charge >= 0.3 is 6.03 Å². The third kappa shape index (κ3) is 5.19. The normalized spacial score (nSPS) is 10.1. The molecule has 0 saturated heterocycles. The maximum Gasteiger partial charge on any atom is 0.323 e. The molecule has 3 N–H and O–H groups in total. The molecule has 0 bridgehead atoms. The minimum Gasteiger partial charge on any atom is -0.322 e. The van der Waals surface area contributed by atoms with Crippen LogP contribution >= 0.6 is 0 Å². The fourth-order valence-electron chi connectivity index (χ4n) is 2.76. The van der Waals surface area contributed by atoms with Gasteiger partial charge in [0.1, 0.15) is 0 Å². The first kappa shape index (κ1) is 18.2. The molecule has 0 radical (unpaired) electrons. The second kappa shape index (κ2) is 8.19. The Kier molecular flexibility index (Phi) is 5.52. The Morgan fingerprint density at radius 1 is 0.630 bits per heavy atom. The molecule has 0 saturated carbocycles. The van der Waals surface area contributed by atoms with Crippen LogP contribution in [-0.4, -0.2) is 11.9 Å². The fourth-order valence-corrected chi connectivity index (χ4v) is 2.76. The van der Waals surface area contributed by atoms with Crippen LogP contribution in [0.25, 0.3) is 0 Å². The van der Waals surface area contributed by atoms with E-state index in [1.165, 1.54) is 0 Å². The summed E-state index contributed by atoms with van der Waals surface area (Å²) in [6.07, 6.45) is 0. The van der Waals surface area contributed by atoms with Gasteiger partial charge in [0.2, 0.25) is 0 Å². The lowest BCUT2D eigenvalue weighted by molar-refractivity contribution is 0.102. The molecule has 0 unspecified atom stereocenters. The number of para-hydroxylation sites is 1. The second-order valence-electron chi connectivity index (χ2n) is 6.35. The Bertz CT molecular complexity index is 931. The number of aryl methyl sites for hydroxylation is 2. The van der Waals surface area contributed by atoms with Crippen LogP contribution in [-0.2, 0) is 0 Å². The van der Waals surface area contributed by atoms with Crippen LogP contribution in [0.1, 0.15) is 21.5 Å². The van der Waals surface area contributed by atoms with E-state index in [0.717, 1.165) is 11.1 Å². The zero-order valence-electron chi connectivity index (χ0n) is 15.2. The molecule has 0 heterocycles. The van der Waals surface area contributed by atoms with E-state index in [4.69, 9.17) is 0 Å². The number of nitrogens with one attached hydrogen (secondary N) is 3. The molecule has 3 rings (SSSR count). The van der Waals surface area contributed by atoms with Gasteiger partial charge in [-0.15, -0.1) is 0 Å². The van der Waals surface area contributed by atoms with Gasteiger partial charge in [-0.05, 0) is 62.4 Å². The van der Waals surface area contributed by atoms with Gasteiger partial charge in [-0.2, -0.15) is 0 Å². The van der Waals surface area contributed by atoms with Crippen molar-refractivity contribution < 1.29 is 9.59 Å². The van der Waals surface area contributed by atoms with Gasteiger partial charge in [0.15, 0.2) is 0 Å². The summed E-state index contributed by atoms with van der Waals surface area (Å²) in [7, 11) is 0. The lowest BCUT2D eigenvalue weighted by Gasteiger charge is -2.10. The van der Waals surface area contributed by atoms with Crippen molar-refractivity contribution in [3.8, 4) is 0 Å². The molecule has 3 aromatic carbocycles. The van der Waals surface area contributed by atoms with Crippen molar-refractivity contribution in [1.82, 2.24) is 0 Å². The smallest absolute Gasteiger partial charge is 0.322 e. The molecule has 0 fully saturated rings. The second-order valence-corrected chi connectivity index (χ2v) is 6.35. The van der Waals surface area contributed by atoms with Crippen LogP contribution in [0, 0.1) is 13.8 Å². The number of hydrogen-bond donors (Lipinski definition) is 3. The van der Waals surface area contributed by atoms with Crippen molar-refractivity contribution in [3.63, 3.8) is 0 Å². The van der Waals surface area contributed by atoms with Crippen molar-refractivity contribution in [3.05, 3.63) is 89.5 Å². The fraction of sp³-hybridized carbons (Fsp3) is 0.0909. The Labute approximate surface area is 158 Å². The number of rotatable bonds is 4. The molecular weight excluding hydrogens is 338 g/mol. The molecule has 3 amide bonds. The molecular formula is C22H21N3O2. The molecule has 5 heteroatoms. The van der Waals surface area contributed by atoms with Crippen molar-refractivity contribution in [2.45, 2.75) is 13.8 Å². The SMILES string of the molecule is Cc1cc(C)cc(C(=O)Nc2ccc(NC(=O)Nc3ccccc3)cc2)c1. The number of hydrogen-bond acceptors (Lipinski definition) is 2. The van der Waals surface area contributed by atoms with Crippen molar-refractivity contribution >= 4 is 29.0 Å². The summed E-state index contributed by atoms with van der Waals surface area (Å²) in [4.78, 5) is 24.4. The highest BCUT2D eigenvalue weighted by atomic mass is 16.2. The Morgan fingerprint density at radius 3 is 1.67 bits per heavy atom. The van der Waals surface area contributed by atoms with Crippen LogP contribution in [0.4, 0.5) is 21.9 Å². The minimum atomic E-state index is -0.326. The average Bonchev–Trinajstić information content (AvgIpc) is 2.63. The monoisotopic (exact) mass is 359 g/mol. The van der Waals surface area contributed by atoms with E-state index in [9.17, 15) is 9.59 Å². The predicted molar refractivity (Wildman–Crippen MR) is 109 cm³/mol. The summed E-state index contributed by atoms with van der Waals surface area (Å²) >= 11 is 0. The zero-order chi connectivity index (χ0) is 19.2. The number of carbonyl (C=O) groups excluding carboxylic acids is 2. The zero-order valence-corrected chi connectivity index (χ0v) is 15.2. The highest BCUT2D eigenvalue weighted by molar-refractivity contribution is 6.05. The lowest BCUT2D eigenvalue weighted by Crippen LogP contribution is -2.19. The van der Waals surface area contributed by atoms with Gasteiger partial charge < -0.3 is 16.0 Å². The standard InChI is InChI=1S/C22H21N3O2/c1-15-12-16(2)14-17(13-15)21(26)23-19-8-10-20(11-9-19)25-22(27)24-18-6-4-3-5-7-18/h3-14H,1-2H3,(H,23,26)(H2,24,25,27). The quantitative estimate of drug-likeness (QED) is 0.599. The first-order valence-electron chi connectivity index (χ1n) is 8.62. The van der Waals surface area contributed by atoms with Crippen molar-refractivity contribution in [2.75, 3.05) is 16.0 Å². The predicted octanol–water partition coefficient (Wildman–Crippen LogP) is 5.20. The number of benzene rings is 3. The van der Waals surface area contributed by atoms with Crippen molar-refractivity contribution in [1.29, 1.82) is 0 Å². The number of amides is 3. The molecule has 0 aliphatic carbocycles. The largest absolute Gasteiger partial charge is 0.323 e. The van der Waals surface area contributed by atoms with E-state index in [0.29, 0.717) is 22.6 Å². The van der Waals surface area contributed by atoms with Crippen LogP contribution in [0.3, 0.4) is 0 Å². The molecule has 0 aliphatic heterocycles. The maximum atomic E-state index is 12.4. The van der Waals surface area contributed by atoms with E-state index in [1.54, 1.807) is 24.3 Å². The van der Waals surface area contributed by atoms with Gasteiger partial charge in [-0.1, -0.05) is 35.4 Å². The van der Waals surface area contributed by atoms with Crippen LogP contribution in [0.15, 0.2) is 72.8 Å². The van der Waals surface area contributed by atoms with Crippen LogP contribution < -0.4 is 16.0 Å². The average molecular weight is 359 g/mol. The summed E-state index contributed by atoms with van der Waals surface area (Å²) in [5, 5.41) is 8.37. The molecule has 27 heavy (non-hydrogen) atoms. The number of carbonyl (C=O) groups is 2. The van der Waals surface area contributed by atoms with E-state index in [-0.39, 0.29) is 11.9 Å². The Morgan fingerprint density at radius 2 is 1.11 bits per heavy atom. The van der Waals surface area contributed by atoms with Gasteiger partial charge in [0.25, 0.3) is 5.91 Å². The third-order valence-corrected chi connectivity index (χ3v) is 3.92. The molecule has 0 aliphatic rings. The van der Waals surface area contributed by atoms with E-state index >= 15 is 0 Å². The highest BCUT2D eigenvalue weighted by Gasteiger charge is 2.08. The lowest BCUT2D eigenvalue weighted by atomic mass is 10.1. The summed E-state index contributed by atoms with van der Waals surface area (Å²) < 4.78 is 0. The number of anilines is 3. The van der Waals surface area contributed by atoms with Crippen molar-refractivity contribution in [2.24, 2.45) is 0 Å². The van der Waals surface area contributed by atoms with Gasteiger partial charge in [-0.3, -0.25) is 4.79 Å². The van der Waals surface area contributed by atoms with Gasteiger partial charge in [0.05, 0.1) is 0 Å². The molecule has 0 spiro atoms. The van der Waals surface area contributed by atoms with E-state index < -0.39 is 0 Å². The summed E-state index contributed by atoms with van der Waals surface area (Å²) in [5.41, 5.74) is 4.72. The molecule has 5 nitrogen and oxygen atoms in total. The number of urea groups is 1. The van der Waals surface area contributed by atoms with Gasteiger partial charge in [-0.25, -0.2) is 4.79 Å². The van der Waals surface area contributed by atoms with Crippen LogP contribution in [0.2, 0.25) is 0 Å². The summed E-state index contributed by atoms with van der Waals surface area (Å²) in [6.45, 7) is 3.93. The Balaban J connectivity index is 1.60. The topological polar surface area (TPSA) is 70.2 Å². The first-order valence-corrected chi connectivity index (χ1v) is 8.62. The van der Waals surface area contributed by atoms with Crippen LogP contribution in [0.5, 0.6) is 0 Å². The maximum absolute atomic E-state index is 12.4. The minimum absolute atomic E-state index is 0.163. The molecule has 3 aromatic rings. The first-order chi connectivity index (χ1) is 13.0. The highest BCUT2D eigenvalue weighted by Crippen LogP contribution is 2.16. The Hall–Kier alpha value is -3.60. The van der Waals surface area contributed by atoms with E-state index in [1.807, 2.05) is 62.4 Å². The summed E-state index contributed by atoms with van der Waals surface area (Å²) in [6, 6.07) is 21.6. The molecule has 0 aromatic heterocycles. The molecule has 136 valence electrons. The van der Waals surface area contributed by atoms with E-state index in [2.05, 4.69) is 16.0 Å². The molecule has 0 atom stereocenters. The third-order valence-electron chi connectivity index (χ3n) is 3.92. The van der Waals surface area contributed by atoms with Gasteiger partial charge in [0, 0.05) is 22.6 Å².